The van der Waals surface area contributed by atoms with Gasteiger partial charge in [-0.2, -0.15) is 0 Å². The summed E-state index contributed by atoms with van der Waals surface area (Å²) in [7, 11) is 0. The molecule has 3 atom stereocenters. The summed E-state index contributed by atoms with van der Waals surface area (Å²) in [5.41, 5.74) is 0. The zero-order chi connectivity index (χ0) is 11.2. The molecule has 4 heteroatoms. The van der Waals surface area contributed by atoms with Gasteiger partial charge in [0.05, 0.1) is 31.5 Å². The molecule has 0 aliphatic carbocycles. The van der Waals surface area contributed by atoms with Crippen LogP contribution in [-0.4, -0.2) is 43.3 Å². The lowest BCUT2D eigenvalue weighted by Gasteiger charge is -2.37. The molecule has 2 bridgehead atoms. The Bertz CT molecular complexity index is 259. The third-order valence-electron chi connectivity index (χ3n) is 3.82. The number of ether oxygens (including phenoxy) is 3. The summed E-state index contributed by atoms with van der Waals surface area (Å²) in [6.07, 6.45) is 4.55. The van der Waals surface area contributed by atoms with Crippen LogP contribution in [0.2, 0.25) is 0 Å². The lowest BCUT2D eigenvalue weighted by atomic mass is 9.95. The van der Waals surface area contributed by atoms with Gasteiger partial charge >= 0.3 is 0 Å². The van der Waals surface area contributed by atoms with E-state index in [0.717, 1.165) is 19.6 Å². The Morgan fingerprint density at radius 1 is 1.12 bits per heavy atom. The molecule has 3 fully saturated rings. The van der Waals surface area contributed by atoms with Gasteiger partial charge in [0.15, 0.2) is 5.79 Å². The van der Waals surface area contributed by atoms with E-state index in [2.05, 4.69) is 5.32 Å². The van der Waals surface area contributed by atoms with Crippen LogP contribution in [0.15, 0.2) is 0 Å². The summed E-state index contributed by atoms with van der Waals surface area (Å²) in [6.45, 7) is 5.40. The fraction of sp³-hybridized carbons (Fsp3) is 1.00. The van der Waals surface area contributed by atoms with Crippen LogP contribution in [0.5, 0.6) is 0 Å². The molecule has 4 nitrogen and oxygen atoms in total. The van der Waals surface area contributed by atoms with Gasteiger partial charge < -0.3 is 19.5 Å². The molecule has 92 valence electrons. The van der Waals surface area contributed by atoms with Gasteiger partial charge in [-0.05, 0) is 33.1 Å². The molecular weight excluding hydrogens is 206 g/mol. The summed E-state index contributed by atoms with van der Waals surface area (Å²) in [5, 5.41) is 3.61. The summed E-state index contributed by atoms with van der Waals surface area (Å²) < 4.78 is 17.1. The van der Waals surface area contributed by atoms with Crippen LogP contribution >= 0.6 is 0 Å². The van der Waals surface area contributed by atoms with E-state index < -0.39 is 5.79 Å². The molecule has 0 radical (unpaired) electrons. The molecule has 0 saturated carbocycles. The first-order chi connectivity index (χ1) is 7.62. The van der Waals surface area contributed by atoms with Gasteiger partial charge in [0.25, 0.3) is 0 Å². The molecule has 0 aromatic carbocycles. The van der Waals surface area contributed by atoms with Crippen molar-refractivity contribution >= 4 is 0 Å². The van der Waals surface area contributed by atoms with E-state index in [4.69, 9.17) is 14.2 Å². The molecular formula is C12H21NO3. The van der Waals surface area contributed by atoms with Crippen LogP contribution in [0.4, 0.5) is 0 Å². The van der Waals surface area contributed by atoms with Gasteiger partial charge in [0, 0.05) is 6.04 Å². The Labute approximate surface area is 96.6 Å². The van der Waals surface area contributed by atoms with Crippen LogP contribution in [-0.2, 0) is 14.2 Å². The highest BCUT2D eigenvalue weighted by molar-refractivity contribution is 4.95. The van der Waals surface area contributed by atoms with Crippen LogP contribution in [0.1, 0.15) is 33.1 Å². The minimum absolute atomic E-state index is 0.320. The molecule has 3 aliphatic rings. The molecule has 0 spiro atoms. The monoisotopic (exact) mass is 227 g/mol. The van der Waals surface area contributed by atoms with E-state index in [1.807, 2.05) is 13.8 Å². The Balaban J connectivity index is 1.49. The second-order valence-electron chi connectivity index (χ2n) is 5.60. The summed E-state index contributed by atoms with van der Waals surface area (Å²) in [5.74, 6) is -0.413. The Morgan fingerprint density at radius 3 is 2.44 bits per heavy atom. The molecule has 3 aliphatic heterocycles. The van der Waals surface area contributed by atoms with Crippen LogP contribution < -0.4 is 5.32 Å². The lowest BCUT2D eigenvalue weighted by molar-refractivity contribution is -0.253. The number of nitrogens with one attached hydrogen (secondary N) is 1. The van der Waals surface area contributed by atoms with Crippen LogP contribution in [0.25, 0.3) is 0 Å². The van der Waals surface area contributed by atoms with Crippen molar-refractivity contribution in [1.29, 1.82) is 0 Å². The number of hydrogen-bond donors (Lipinski definition) is 1. The van der Waals surface area contributed by atoms with Crippen molar-refractivity contribution in [2.45, 2.75) is 63.2 Å². The summed E-state index contributed by atoms with van der Waals surface area (Å²) in [4.78, 5) is 0. The third-order valence-corrected chi connectivity index (χ3v) is 3.82. The molecule has 3 unspecified atom stereocenters. The van der Waals surface area contributed by atoms with Gasteiger partial charge in [-0.3, -0.25) is 0 Å². The molecule has 0 aromatic heterocycles. The maximum absolute atomic E-state index is 5.82. The van der Waals surface area contributed by atoms with Gasteiger partial charge in [0.2, 0.25) is 0 Å². The molecule has 1 N–H and O–H groups in total. The minimum atomic E-state index is -0.413. The summed E-state index contributed by atoms with van der Waals surface area (Å²) >= 11 is 0. The predicted molar refractivity (Wildman–Crippen MR) is 59.2 cm³/mol. The second-order valence-corrected chi connectivity index (χ2v) is 5.60. The van der Waals surface area contributed by atoms with E-state index >= 15 is 0 Å². The maximum Gasteiger partial charge on any atom is 0.162 e. The molecule has 16 heavy (non-hydrogen) atoms. The van der Waals surface area contributed by atoms with E-state index in [-0.39, 0.29) is 0 Å². The largest absolute Gasteiger partial charge is 0.373 e. The SMILES string of the molecule is CC1(C)OCC(NC2CC3CCC2O3)CO1. The standard InChI is InChI=1S/C12H21NO3/c1-12(2)14-6-8(7-15-12)13-10-5-9-3-4-11(10)16-9/h8-11,13H,3-7H2,1-2H3. The fourth-order valence-corrected chi connectivity index (χ4v) is 2.90. The zero-order valence-electron chi connectivity index (χ0n) is 10.1. The van der Waals surface area contributed by atoms with Crippen molar-refractivity contribution < 1.29 is 14.2 Å². The van der Waals surface area contributed by atoms with Gasteiger partial charge in [-0.25, -0.2) is 0 Å². The number of hydrogen-bond acceptors (Lipinski definition) is 4. The zero-order valence-corrected chi connectivity index (χ0v) is 10.1. The molecule has 3 saturated heterocycles. The number of rotatable bonds is 2. The summed E-state index contributed by atoms with van der Waals surface area (Å²) in [6, 6.07) is 0.832. The van der Waals surface area contributed by atoms with Crippen molar-refractivity contribution in [2.24, 2.45) is 0 Å². The smallest absolute Gasteiger partial charge is 0.162 e. The average Bonchev–Trinajstić information content (AvgIpc) is 2.83. The van der Waals surface area contributed by atoms with Gasteiger partial charge in [-0.1, -0.05) is 0 Å². The Hall–Kier alpha value is -0.160. The first kappa shape index (κ1) is 11.0. The van der Waals surface area contributed by atoms with Gasteiger partial charge in [0.1, 0.15) is 0 Å². The van der Waals surface area contributed by atoms with E-state index in [1.165, 1.54) is 12.8 Å². The second kappa shape index (κ2) is 3.95. The molecule has 3 rings (SSSR count). The van der Waals surface area contributed by atoms with Crippen LogP contribution in [0, 0.1) is 0 Å². The topological polar surface area (TPSA) is 39.7 Å². The minimum Gasteiger partial charge on any atom is -0.373 e. The fourth-order valence-electron chi connectivity index (χ4n) is 2.90. The van der Waals surface area contributed by atoms with Crippen molar-refractivity contribution in [1.82, 2.24) is 5.32 Å². The first-order valence-electron chi connectivity index (χ1n) is 6.32. The van der Waals surface area contributed by atoms with Crippen molar-refractivity contribution in [3.63, 3.8) is 0 Å². The highest BCUT2D eigenvalue weighted by Gasteiger charge is 2.42. The van der Waals surface area contributed by atoms with Crippen molar-refractivity contribution in [3.8, 4) is 0 Å². The van der Waals surface area contributed by atoms with E-state index in [9.17, 15) is 0 Å². The first-order valence-corrected chi connectivity index (χ1v) is 6.32. The quantitative estimate of drug-likeness (QED) is 0.765. The lowest BCUT2D eigenvalue weighted by Crippen LogP contribution is -2.53. The maximum atomic E-state index is 5.82. The Morgan fingerprint density at radius 2 is 1.88 bits per heavy atom. The number of fused-ring (bicyclic) bond motifs is 2. The van der Waals surface area contributed by atoms with E-state index in [0.29, 0.717) is 24.3 Å². The van der Waals surface area contributed by atoms with E-state index in [1.54, 1.807) is 0 Å². The van der Waals surface area contributed by atoms with Crippen LogP contribution in [0.3, 0.4) is 0 Å². The Kier molecular flexibility index (Phi) is 2.70. The highest BCUT2D eigenvalue weighted by Crippen LogP contribution is 2.34. The predicted octanol–water partition coefficient (Wildman–Crippen LogP) is 1.05. The third kappa shape index (κ3) is 2.12. The van der Waals surface area contributed by atoms with Crippen molar-refractivity contribution in [2.75, 3.05) is 13.2 Å². The average molecular weight is 227 g/mol. The van der Waals surface area contributed by atoms with Crippen molar-refractivity contribution in [3.05, 3.63) is 0 Å². The molecule has 0 amide bonds. The molecule has 3 heterocycles. The van der Waals surface area contributed by atoms with Gasteiger partial charge in [-0.15, -0.1) is 0 Å². The molecule has 0 aromatic rings. The highest BCUT2D eigenvalue weighted by atomic mass is 16.7. The normalized spacial score (nSPS) is 42.8.